The van der Waals surface area contributed by atoms with Crippen LogP contribution < -0.4 is 14.8 Å². The third kappa shape index (κ3) is 3.42. The second kappa shape index (κ2) is 6.84. The fourth-order valence-corrected chi connectivity index (χ4v) is 2.87. The molecule has 0 amide bonds. The lowest BCUT2D eigenvalue weighted by Crippen LogP contribution is -2.32. The number of rotatable bonds is 6. The Hall–Kier alpha value is -2.00. The maximum atomic E-state index is 5.46. The van der Waals surface area contributed by atoms with Crippen molar-refractivity contribution in [1.29, 1.82) is 0 Å². The molecular formula is C19H23NO2. The highest BCUT2D eigenvalue weighted by Gasteiger charge is 2.16. The summed E-state index contributed by atoms with van der Waals surface area (Å²) in [4.78, 5) is 0. The van der Waals surface area contributed by atoms with E-state index in [1.165, 1.54) is 11.1 Å². The molecule has 3 nitrogen and oxygen atoms in total. The van der Waals surface area contributed by atoms with Crippen molar-refractivity contribution in [1.82, 2.24) is 5.32 Å². The van der Waals surface area contributed by atoms with Gasteiger partial charge in [0, 0.05) is 12.1 Å². The van der Waals surface area contributed by atoms with Crippen LogP contribution in [0.15, 0.2) is 48.5 Å². The predicted octanol–water partition coefficient (Wildman–Crippen LogP) is 4.09. The molecule has 0 unspecified atom stereocenters. The van der Waals surface area contributed by atoms with Gasteiger partial charge in [0.25, 0.3) is 0 Å². The molecule has 1 N–H and O–H groups in total. The van der Waals surface area contributed by atoms with E-state index in [4.69, 9.17) is 9.47 Å². The Morgan fingerprint density at radius 3 is 2.59 bits per heavy atom. The van der Waals surface area contributed by atoms with Gasteiger partial charge in [-0.05, 0) is 43.0 Å². The van der Waals surface area contributed by atoms with E-state index in [-0.39, 0.29) is 0 Å². The van der Waals surface area contributed by atoms with E-state index in [0.29, 0.717) is 18.9 Å². The molecule has 22 heavy (non-hydrogen) atoms. The van der Waals surface area contributed by atoms with Crippen molar-refractivity contribution in [2.75, 3.05) is 6.79 Å². The van der Waals surface area contributed by atoms with E-state index in [1.807, 2.05) is 6.07 Å². The summed E-state index contributed by atoms with van der Waals surface area (Å²) in [5.74, 6) is 1.71. The molecule has 2 aromatic rings. The lowest BCUT2D eigenvalue weighted by molar-refractivity contribution is 0.174. The van der Waals surface area contributed by atoms with Crippen LogP contribution in [0, 0.1) is 0 Å². The first-order valence-electron chi connectivity index (χ1n) is 7.95. The summed E-state index contributed by atoms with van der Waals surface area (Å²) in [6.45, 7) is 4.78. The van der Waals surface area contributed by atoms with Crippen LogP contribution in [-0.4, -0.2) is 12.8 Å². The number of hydrogen-bond acceptors (Lipinski definition) is 3. The molecule has 0 aliphatic carbocycles. The molecule has 0 saturated carbocycles. The van der Waals surface area contributed by atoms with Gasteiger partial charge in [-0.1, -0.05) is 43.3 Å². The van der Waals surface area contributed by atoms with Crippen molar-refractivity contribution < 1.29 is 9.47 Å². The van der Waals surface area contributed by atoms with Gasteiger partial charge in [-0.15, -0.1) is 0 Å². The maximum absolute atomic E-state index is 5.46. The van der Waals surface area contributed by atoms with E-state index in [2.05, 4.69) is 61.6 Å². The monoisotopic (exact) mass is 297 g/mol. The quantitative estimate of drug-likeness (QED) is 0.871. The standard InChI is InChI=1S/C19H23NO2/c1-3-17(20-14(2)16-7-5-4-6-8-16)11-15-9-10-18-19(12-15)22-13-21-18/h4-10,12,14,17,20H,3,11,13H2,1-2H3/t14-,17-/m1/s1. The Bertz CT molecular complexity index is 612. The van der Waals surface area contributed by atoms with Crippen molar-refractivity contribution >= 4 is 0 Å². The molecule has 1 aliphatic heterocycles. The predicted molar refractivity (Wildman–Crippen MR) is 88.3 cm³/mol. The van der Waals surface area contributed by atoms with Crippen LogP contribution in [0.2, 0.25) is 0 Å². The minimum Gasteiger partial charge on any atom is -0.454 e. The maximum Gasteiger partial charge on any atom is 0.231 e. The zero-order valence-corrected chi connectivity index (χ0v) is 13.2. The highest BCUT2D eigenvalue weighted by atomic mass is 16.7. The van der Waals surface area contributed by atoms with Gasteiger partial charge in [-0.3, -0.25) is 0 Å². The largest absolute Gasteiger partial charge is 0.454 e. The van der Waals surface area contributed by atoms with Crippen molar-refractivity contribution in [2.45, 2.75) is 38.8 Å². The van der Waals surface area contributed by atoms with Crippen LogP contribution in [-0.2, 0) is 6.42 Å². The smallest absolute Gasteiger partial charge is 0.231 e. The molecular weight excluding hydrogens is 274 g/mol. The second-order valence-electron chi connectivity index (χ2n) is 5.80. The Kier molecular flexibility index (Phi) is 4.64. The fraction of sp³-hybridized carbons (Fsp3) is 0.368. The zero-order valence-electron chi connectivity index (χ0n) is 13.2. The van der Waals surface area contributed by atoms with Gasteiger partial charge in [-0.2, -0.15) is 0 Å². The second-order valence-corrected chi connectivity index (χ2v) is 5.80. The van der Waals surface area contributed by atoms with Crippen molar-refractivity contribution in [3.63, 3.8) is 0 Å². The van der Waals surface area contributed by atoms with Gasteiger partial charge in [0.2, 0.25) is 6.79 Å². The van der Waals surface area contributed by atoms with Crippen LogP contribution in [0.4, 0.5) is 0 Å². The highest BCUT2D eigenvalue weighted by molar-refractivity contribution is 5.44. The summed E-state index contributed by atoms with van der Waals surface area (Å²) in [7, 11) is 0. The molecule has 0 fully saturated rings. The Labute approximate surface area is 132 Å². The lowest BCUT2D eigenvalue weighted by atomic mass is 10.0. The molecule has 116 valence electrons. The number of fused-ring (bicyclic) bond motifs is 1. The first-order valence-corrected chi connectivity index (χ1v) is 7.95. The number of hydrogen-bond donors (Lipinski definition) is 1. The molecule has 3 heteroatoms. The molecule has 1 aliphatic rings. The summed E-state index contributed by atoms with van der Waals surface area (Å²) in [5, 5.41) is 3.73. The van der Waals surface area contributed by atoms with Gasteiger partial charge >= 0.3 is 0 Å². The van der Waals surface area contributed by atoms with Crippen molar-refractivity contribution in [2.24, 2.45) is 0 Å². The summed E-state index contributed by atoms with van der Waals surface area (Å²) in [5.41, 5.74) is 2.61. The molecule has 0 aromatic heterocycles. The van der Waals surface area contributed by atoms with Crippen LogP contribution in [0.5, 0.6) is 11.5 Å². The third-order valence-electron chi connectivity index (χ3n) is 4.20. The van der Waals surface area contributed by atoms with E-state index in [1.54, 1.807) is 0 Å². The SMILES string of the molecule is CC[C@H](Cc1ccc2c(c1)OCO2)N[C@H](C)c1ccccc1. The zero-order chi connectivity index (χ0) is 15.4. The molecule has 2 atom stereocenters. The van der Waals surface area contributed by atoms with E-state index in [0.717, 1.165) is 24.3 Å². The topological polar surface area (TPSA) is 30.5 Å². The van der Waals surface area contributed by atoms with Crippen molar-refractivity contribution in [3.8, 4) is 11.5 Å². The molecule has 2 aromatic carbocycles. The van der Waals surface area contributed by atoms with Gasteiger partial charge in [0.1, 0.15) is 0 Å². The fourth-order valence-electron chi connectivity index (χ4n) is 2.87. The first kappa shape index (κ1) is 14.9. The highest BCUT2D eigenvalue weighted by Crippen LogP contribution is 2.33. The summed E-state index contributed by atoms with van der Waals surface area (Å²) in [6.07, 6.45) is 2.08. The van der Waals surface area contributed by atoms with Crippen molar-refractivity contribution in [3.05, 3.63) is 59.7 Å². The van der Waals surface area contributed by atoms with Crippen LogP contribution in [0.25, 0.3) is 0 Å². The lowest BCUT2D eigenvalue weighted by Gasteiger charge is -2.23. The molecule has 1 heterocycles. The summed E-state index contributed by atoms with van der Waals surface area (Å²) >= 11 is 0. The van der Waals surface area contributed by atoms with E-state index in [9.17, 15) is 0 Å². The van der Waals surface area contributed by atoms with Gasteiger partial charge in [-0.25, -0.2) is 0 Å². The van der Waals surface area contributed by atoms with Crippen LogP contribution in [0.1, 0.15) is 37.4 Å². The number of benzene rings is 2. The van der Waals surface area contributed by atoms with Crippen LogP contribution >= 0.6 is 0 Å². The number of ether oxygens (including phenoxy) is 2. The summed E-state index contributed by atoms with van der Waals surface area (Å²) in [6, 6.07) is 17.6. The minimum absolute atomic E-state index is 0.333. The third-order valence-corrected chi connectivity index (χ3v) is 4.20. The molecule has 0 saturated heterocycles. The molecule has 0 radical (unpaired) electrons. The Morgan fingerprint density at radius 2 is 1.82 bits per heavy atom. The van der Waals surface area contributed by atoms with E-state index >= 15 is 0 Å². The van der Waals surface area contributed by atoms with E-state index < -0.39 is 0 Å². The number of nitrogens with one attached hydrogen (secondary N) is 1. The summed E-state index contributed by atoms with van der Waals surface area (Å²) < 4.78 is 10.8. The molecule has 0 spiro atoms. The normalized spacial score (nSPS) is 15.5. The molecule has 0 bridgehead atoms. The Morgan fingerprint density at radius 1 is 1.05 bits per heavy atom. The average molecular weight is 297 g/mol. The average Bonchev–Trinajstić information content (AvgIpc) is 3.02. The van der Waals surface area contributed by atoms with Gasteiger partial charge in [0.15, 0.2) is 11.5 Å². The first-order chi connectivity index (χ1) is 10.8. The van der Waals surface area contributed by atoms with Gasteiger partial charge in [0.05, 0.1) is 0 Å². The molecule has 3 rings (SSSR count). The van der Waals surface area contributed by atoms with Crippen LogP contribution in [0.3, 0.4) is 0 Å². The Balaban J connectivity index is 1.64. The van der Waals surface area contributed by atoms with Gasteiger partial charge < -0.3 is 14.8 Å². The minimum atomic E-state index is 0.333.